The van der Waals surface area contributed by atoms with Crippen molar-refractivity contribution in [2.75, 3.05) is 5.32 Å². The van der Waals surface area contributed by atoms with E-state index in [1.54, 1.807) is 77.6 Å². The van der Waals surface area contributed by atoms with Crippen LogP contribution in [0.1, 0.15) is 47.8 Å². The van der Waals surface area contributed by atoms with Gasteiger partial charge >= 0.3 is 5.97 Å². The number of halogens is 1. The highest BCUT2D eigenvalue weighted by molar-refractivity contribution is 14.1. The van der Waals surface area contributed by atoms with Crippen molar-refractivity contribution in [3.63, 3.8) is 0 Å². The number of hydrogen-bond acceptors (Lipinski definition) is 6. The number of fused-ring (bicyclic) bond motifs is 2. The van der Waals surface area contributed by atoms with Crippen molar-refractivity contribution < 1.29 is 22.2 Å². The predicted octanol–water partition coefficient (Wildman–Crippen LogP) is 4.45. The molecule has 0 aliphatic heterocycles. The molecule has 7 heteroatoms. The summed E-state index contributed by atoms with van der Waals surface area (Å²) in [4.78, 5) is 49.2. The van der Waals surface area contributed by atoms with Gasteiger partial charge in [-0.2, -0.15) is 0 Å². The van der Waals surface area contributed by atoms with Gasteiger partial charge in [0.25, 0.3) is 0 Å². The van der Waals surface area contributed by atoms with Crippen LogP contribution >= 0.6 is 23.0 Å². The molecule has 0 radical (unpaired) electrons. The minimum absolute atomic E-state index is 0.111. The van der Waals surface area contributed by atoms with Crippen LogP contribution in [0.4, 0.5) is 11.4 Å². The fourth-order valence-corrected chi connectivity index (χ4v) is 3.66. The van der Waals surface area contributed by atoms with Gasteiger partial charge in [0.1, 0.15) is 0 Å². The Morgan fingerprint density at radius 3 is 2.13 bits per heavy atom. The number of aldehydes is 1. The molecule has 0 fully saturated rings. The predicted molar refractivity (Wildman–Crippen MR) is 119 cm³/mol. The standard InChI is InChI=1S/C23H14INO5/c24-30-19(27)11-13-5-8-15(9-6-13)25-18-10-7-14(12-26)20-21(18)23(29)17-4-2-1-3-16(17)22(20)28/h1-10,12,25H,11H2. The van der Waals surface area contributed by atoms with Crippen LogP contribution in [0, 0.1) is 0 Å². The molecule has 3 aromatic carbocycles. The van der Waals surface area contributed by atoms with E-state index >= 15 is 0 Å². The average molecular weight is 511 g/mol. The van der Waals surface area contributed by atoms with Crippen LogP contribution in [0.3, 0.4) is 0 Å². The summed E-state index contributed by atoms with van der Waals surface area (Å²) in [6.07, 6.45) is 0.735. The zero-order chi connectivity index (χ0) is 21.3. The molecule has 0 unspecified atom stereocenters. The van der Waals surface area contributed by atoms with Gasteiger partial charge in [0.2, 0.25) is 0 Å². The van der Waals surface area contributed by atoms with Crippen LogP contribution in [0.25, 0.3) is 0 Å². The monoisotopic (exact) mass is 511 g/mol. The largest absolute Gasteiger partial charge is 0.394 e. The second-order valence-electron chi connectivity index (χ2n) is 6.72. The molecule has 4 rings (SSSR count). The lowest BCUT2D eigenvalue weighted by molar-refractivity contribution is -0.130. The second-order valence-corrected chi connectivity index (χ2v) is 7.16. The molecular weight excluding hydrogens is 497 g/mol. The van der Waals surface area contributed by atoms with Crippen molar-refractivity contribution in [3.05, 3.63) is 94.0 Å². The van der Waals surface area contributed by atoms with E-state index in [1.165, 1.54) is 6.07 Å². The lowest BCUT2D eigenvalue weighted by Crippen LogP contribution is -2.23. The minimum Gasteiger partial charge on any atom is -0.394 e. The van der Waals surface area contributed by atoms with E-state index in [4.69, 9.17) is 0 Å². The molecule has 1 aliphatic carbocycles. The molecule has 148 valence electrons. The highest BCUT2D eigenvalue weighted by Gasteiger charge is 2.33. The number of nitrogens with one attached hydrogen (secondary N) is 1. The molecule has 1 aliphatic rings. The molecule has 0 heterocycles. The van der Waals surface area contributed by atoms with Crippen LogP contribution < -0.4 is 5.32 Å². The zero-order valence-electron chi connectivity index (χ0n) is 15.5. The van der Waals surface area contributed by atoms with E-state index in [9.17, 15) is 19.2 Å². The molecule has 0 saturated heterocycles. The van der Waals surface area contributed by atoms with Gasteiger partial charge in [-0.15, -0.1) is 0 Å². The molecule has 6 nitrogen and oxygen atoms in total. The number of hydrogen-bond donors (Lipinski definition) is 1. The molecular formula is C23H14INO5. The second kappa shape index (κ2) is 8.19. The molecule has 0 amide bonds. The van der Waals surface area contributed by atoms with Gasteiger partial charge in [-0.05, 0) is 29.8 Å². The summed E-state index contributed by atoms with van der Waals surface area (Å²) < 4.78 is 4.63. The highest BCUT2D eigenvalue weighted by atomic mass is 127. The fraction of sp³-hybridized carbons (Fsp3) is 0.0435. The maximum atomic E-state index is 13.2. The van der Waals surface area contributed by atoms with Crippen molar-refractivity contribution >= 4 is 58.2 Å². The molecule has 3 aromatic rings. The number of rotatable bonds is 5. The summed E-state index contributed by atoms with van der Waals surface area (Å²) in [6, 6.07) is 16.8. The molecule has 0 spiro atoms. The topological polar surface area (TPSA) is 89.5 Å². The van der Waals surface area contributed by atoms with Gasteiger partial charge in [0, 0.05) is 27.9 Å². The Bertz CT molecular complexity index is 1200. The van der Waals surface area contributed by atoms with Crippen LogP contribution in [-0.4, -0.2) is 23.8 Å². The third-order valence-corrected chi connectivity index (χ3v) is 5.39. The van der Waals surface area contributed by atoms with Gasteiger partial charge in [-0.1, -0.05) is 36.4 Å². The molecule has 0 aromatic heterocycles. The van der Waals surface area contributed by atoms with Crippen LogP contribution in [0.2, 0.25) is 0 Å². The summed E-state index contributed by atoms with van der Waals surface area (Å²) in [6.45, 7) is 0. The van der Waals surface area contributed by atoms with Gasteiger partial charge < -0.3 is 8.38 Å². The van der Waals surface area contributed by atoms with Gasteiger partial charge in [-0.3, -0.25) is 19.2 Å². The first-order chi connectivity index (χ1) is 14.5. The summed E-state index contributed by atoms with van der Waals surface area (Å²) in [5, 5.41) is 3.15. The Balaban J connectivity index is 1.74. The molecule has 0 saturated carbocycles. The Hall–Kier alpha value is -3.33. The molecule has 1 N–H and O–H groups in total. The average Bonchev–Trinajstić information content (AvgIpc) is 2.78. The van der Waals surface area contributed by atoms with Crippen molar-refractivity contribution in [2.45, 2.75) is 6.42 Å². The third kappa shape index (κ3) is 3.52. The number of ketones is 2. The normalized spacial score (nSPS) is 12.0. The molecule has 30 heavy (non-hydrogen) atoms. The van der Waals surface area contributed by atoms with Gasteiger partial charge in [0.15, 0.2) is 40.9 Å². The summed E-state index contributed by atoms with van der Waals surface area (Å²) >= 11 is 1.55. The van der Waals surface area contributed by atoms with Crippen molar-refractivity contribution in [1.82, 2.24) is 0 Å². The SMILES string of the molecule is O=Cc1ccc(Nc2ccc(CC(=O)OI)cc2)c2c1C(=O)c1ccccc1C2=O. The Kier molecular flexibility index (Phi) is 5.45. The number of carbonyl (C=O) groups is 4. The number of carbonyl (C=O) groups excluding carboxylic acids is 4. The number of benzene rings is 3. The molecule has 0 atom stereocenters. The summed E-state index contributed by atoms with van der Waals surface area (Å²) in [5.41, 5.74) is 2.96. The van der Waals surface area contributed by atoms with Crippen molar-refractivity contribution in [1.29, 1.82) is 0 Å². The zero-order valence-corrected chi connectivity index (χ0v) is 17.6. The lowest BCUT2D eigenvalue weighted by atomic mass is 9.81. The van der Waals surface area contributed by atoms with E-state index < -0.39 is 0 Å². The lowest BCUT2D eigenvalue weighted by Gasteiger charge is -2.22. The highest BCUT2D eigenvalue weighted by Crippen LogP contribution is 2.35. The van der Waals surface area contributed by atoms with E-state index in [0.29, 0.717) is 28.8 Å². The Morgan fingerprint density at radius 2 is 1.53 bits per heavy atom. The fourth-order valence-electron chi connectivity index (χ4n) is 3.51. The van der Waals surface area contributed by atoms with E-state index in [0.717, 1.165) is 5.56 Å². The van der Waals surface area contributed by atoms with E-state index in [-0.39, 0.29) is 40.6 Å². The van der Waals surface area contributed by atoms with Gasteiger partial charge in [-0.25, -0.2) is 0 Å². The number of anilines is 2. The minimum atomic E-state index is -0.349. The maximum Gasteiger partial charge on any atom is 0.319 e. The van der Waals surface area contributed by atoms with E-state index in [1.807, 2.05) is 0 Å². The van der Waals surface area contributed by atoms with E-state index in [2.05, 4.69) is 8.38 Å². The van der Waals surface area contributed by atoms with Crippen LogP contribution in [0.5, 0.6) is 0 Å². The third-order valence-electron chi connectivity index (χ3n) is 4.90. The quantitative estimate of drug-likeness (QED) is 0.315. The Labute approximate surface area is 185 Å². The summed E-state index contributed by atoms with van der Waals surface area (Å²) in [7, 11) is 0. The smallest absolute Gasteiger partial charge is 0.319 e. The van der Waals surface area contributed by atoms with Crippen LogP contribution in [0.15, 0.2) is 60.7 Å². The first kappa shape index (κ1) is 20.0. The first-order valence-corrected chi connectivity index (χ1v) is 9.89. The van der Waals surface area contributed by atoms with Gasteiger partial charge in [0.05, 0.1) is 17.7 Å². The maximum absolute atomic E-state index is 13.2. The first-order valence-electron chi connectivity index (χ1n) is 9.01. The van der Waals surface area contributed by atoms with Crippen molar-refractivity contribution in [3.8, 4) is 0 Å². The summed E-state index contributed by atoms with van der Waals surface area (Å²) in [5.74, 6) is -1.01. The Morgan fingerprint density at radius 1 is 0.900 bits per heavy atom. The van der Waals surface area contributed by atoms with Crippen LogP contribution in [-0.2, 0) is 14.3 Å². The molecule has 0 bridgehead atoms. The van der Waals surface area contributed by atoms with Crippen molar-refractivity contribution in [2.24, 2.45) is 0 Å².